The molecule has 0 aliphatic carbocycles. The average molecular weight is 332 g/mol. The molecule has 1 aromatic heterocycles. The molecule has 0 amide bonds. The van der Waals surface area contributed by atoms with Gasteiger partial charge in [-0.3, -0.25) is 4.79 Å². The molecule has 0 bridgehead atoms. The first-order valence-corrected chi connectivity index (χ1v) is 6.74. The van der Waals surface area contributed by atoms with Crippen LogP contribution < -0.4 is 20.8 Å². The van der Waals surface area contributed by atoms with Crippen molar-refractivity contribution in [2.75, 3.05) is 12.5 Å². The summed E-state index contributed by atoms with van der Waals surface area (Å²) in [4.78, 5) is 37.2. The van der Waals surface area contributed by atoms with Gasteiger partial charge in [0, 0.05) is 5.56 Å². The number of benzene rings is 1. The van der Waals surface area contributed by atoms with Crippen LogP contribution in [0.15, 0.2) is 16.9 Å². The molecule has 0 radical (unpaired) electrons. The number of nitrogens with one attached hydrogen (secondary N) is 1. The number of hydrogen-bond acceptors (Lipinski definition) is 6. The summed E-state index contributed by atoms with van der Waals surface area (Å²) in [5.74, 6) is -2.68. The number of ether oxygens (including phenoxy) is 2. The predicted molar refractivity (Wildman–Crippen MR) is 81.7 cm³/mol. The van der Waals surface area contributed by atoms with Gasteiger partial charge >= 0.3 is 11.9 Å². The summed E-state index contributed by atoms with van der Waals surface area (Å²) in [6.45, 7) is 1.62. The normalized spacial score (nSPS) is 12.2. The molecule has 2 heterocycles. The first-order chi connectivity index (χ1) is 11.3. The number of carbonyl (C=O) groups is 2. The van der Waals surface area contributed by atoms with Crippen LogP contribution in [0.4, 0.5) is 5.82 Å². The Labute approximate surface area is 134 Å². The maximum Gasteiger partial charge on any atom is 0.342 e. The van der Waals surface area contributed by atoms with E-state index < -0.39 is 34.4 Å². The van der Waals surface area contributed by atoms with Crippen molar-refractivity contribution >= 4 is 17.8 Å². The van der Waals surface area contributed by atoms with Crippen molar-refractivity contribution in [1.82, 2.24) is 4.98 Å². The molecule has 0 unspecified atom stereocenters. The first-order valence-electron chi connectivity index (χ1n) is 6.74. The molecule has 1 aliphatic rings. The zero-order valence-corrected chi connectivity index (χ0v) is 12.4. The van der Waals surface area contributed by atoms with Gasteiger partial charge in [0.25, 0.3) is 5.56 Å². The van der Waals surface area contributed by atoms with Crippen molar-refractivity contribution in [1.29, 1.82) is 0 Å². The Morgan fingerprint density at radius 1 is 1.12 bits per heavy atom. The Morgan fingerprint density at radius 2 is 1.71 bits per heavy atom. The molecule has 1 aliphatic heterocycles. The molecule has 3 rings (SSSR count). The van der Waals surface area contributed by atoms with Crippen molar-refractivity contribution in [2.24, 2.45) is 0 Å². The fourth-order valence-electron chi connectivity index (χ4n) is 2.63. The number of carboxylic acid groups (broad SMARTS) is 2. The number of aryl methyl sites for hydroxylation is 1. The largest absolute Gasteiger partial charge is 0.478 e. The van der Waals surface area contributed by atoms with Crippen LogP contribution in [0.5, 0.6) is 11.5 Å². The number of fused-ring (bicyclic) bond motifs is 1. The number of aromatic carboxylic acids is 2. The standard InChI is InChI=1S/C15H12N2O7/c1-5-2-7-8(24-4-23-7)3-6(5)9-10(14(19)20)12(16)17-13(18)11(9)15(21)22/h2-3H,4H2,1H3,(H,19,20)(H,21,22)(H3,16,17,18). The Hall–Kier alpha value is -3.49. The maximum atomic E-state index is 12.0. The van der Waals surface area contributed by atoms with Gasteiger partial charge in [-0.05, 0) is 30.2 Å². The summed E-state index contributed by atoms with van der Waals surface area (Å²) in [5, 5.41) is 18.8. The quantitative estimate of drug-likeness (QED) is 0.651. The molecule has 0 spiro atoms. The highest BCUT2D eigenvalue weighted by molar-refractivity contribution is 6.07. The molecular formula is C15H12N2O7. The Kier molecular flexibility index (Phi) is 3.40. The van der Waals surface area contributed by atoms with Crippen LogP contribution in [0.25, 0.3) is 11.1 Å². The molecule has 24 heavy (non-hydrogen) atoms. The van der Waals surface area contributed by atoms with Gasteiger partial charge in [-0.25, -0.2) is 9.59 Å². The number of hydrogen-bond donors (Lipinski definition) is 4. The summed E-state index contributed by atoms with van der Waals surface area (Å²) in [6, 6.07) is 3.01. The third kappa shape index (κ3) is 2.22. The van der Waals surface area contributed by atoms with Crippen LogP contribution in [0.2, 0.25) is 0 Å². The number of rotatable bonds is 3. The van der Waals surface area contributed by atoms with Crippen molar-refractivity contribution < 1.29 is 29.3 Å². The molecule has 5 N–H and O–H groups in total. The molecule has 1 aromatic carbocycles. The fourth-order valence-corrected chi connectivity index (χ4v) is 2.63. The van der Waals surface area contributed by atoms with Gasteiger partial charge in [0.05, 0.1) is 0 Å². The van der Waals surface area contributed by atoms with E-state index in [0.29, 0.717) is 17.1 Å². The lowest BCUT2D eigenvalue weighted by Gasteiger charge is -2.14. The Bertz CT molecular complexity index is 946. The second kappa shape index (κ2) is 5.30. The monoisotopic (exact) mass is 332 g/mol. The molecule has 2 aromatic rings. The zero-order valence-electron chi connectivity index (χ0n) is 12.4. The number of nitrogen functional groups attached to an aromatic ring is 1. The third-order valence-electron chi connectivity index (χ3n) is 3.66. The minimum atomic E-state index is -1.56. The number of pyridine rings is 1. The third-order valence-corrected chi connectivity index (χ3v) is 3.66. The highest BCUT2D eigenvalue weighted by Crippen LogP contribution is 2.40. The zero-order chi connectivity index (χ0) is 17.6. The van der Waals surface area contributed by atoms with Gasteiger partial charge in [0.1, 0.15) is 16.9 Å². The number of anilines is 1. The minimum absolute atomic E-state index is 0.00663. The van der Waals surface area contributed by atoms with Crippen molar-refractivity contribution in [3.63, 3.8) is 0 Å². The molecule has 124 valence electrons. The van der Waals surface area contributed by atoms with Crippen molar-refractivity contribution in [3.05, 3.63) is 39.2 Å². The van der Waals surface area contributed by atoms with Crippen molar-refractivity contribution in [2.45, 2.75) is 6.92 Å². The van der Waals surface area contributed by atoms with Crippen LogP contribution >= 0.6 is 0 Å². The molecular weight excluding hydrogens is 320 g/mol. The van der Waals surface area contributed by atoms with E-state index in [1.165, 1.54) is 6.07 Å². The van der Waals surface area contributed by atoms with Crippen LogP contribution in [0.3, 0.4) is 0 Å². The predicted octanol–water partition coefficient (Wildman–Crippen LogP) is 1.06. The summed E-state index contributed by atoms with van der Waals surface area (Å²) in [7, 11) is 0. The Morgan fingerprint density at radius 3 is 2.29 bits per heavy atom. The van der Waals surface area contributed by atoms with Gasteiger partial charge in [-0.2, -0.15) is 0 Å². The van der Waals surface area contributed by atoms with E-state index in [1.54, 1.807) is 13.0 Å². The maximum absolute atomic E-state index is 12.0. The summed E-state index contributed by atoms with van der Waals surface area (Å²) >= 11 is 0. The SMILES string of the molecule is Cc1cc2c(cc1-c1c(C(=O)O)c(N)[nH]c(=O)c1C(=O)O)OCO2. The highest BCUT2D eigenvalue weighted by Gasteiger charge is 2.29. The summed E-state index contributed by atoms with van der Waals surface area (Å²) in [5.41, 5.74) is 3.87. The number of aromatic nitrogens is 1. The van der Waals surface area contributed by atoms with Gasteiger partial charge < -0.3 is 30.4 Å². The van der Waals surface area contributed by atoms with Crippen LogP contribution in [-0.2, 0) is 0 Å². The Balaban J connectivity index is 2.45. The second-order valence-electron chi connectivity index (χ2n) is 5.12. The first kappa shape index (κ1) is 15.4. The van der Waals surface area contributed by atoms with Gasteiger partial charge in [-0.15, -0.1) is 0 Å². The number of aromatic amines is 1. The fraction of sp³-hybridized carbons (Fsp3) is 0.133. The second-order valence-corrected chi connectivity index (χ2v) is 5.12. The molecule has 0 atom stereocenters. The van der Waals surface area contributed by atoms with Crippen LogP contribution in [0, 0.1) is 6.92 Å². The van der Waals surface area contributed by atoms with E-state index in [4.69, 9.17) is 15.2 Å². The average Bonchev–Trinajstić information content (AvgIpc) is 2.91. The minimum Gasteiger partial charge on any atom is -0.478 e. The molecule has 0 saturated heterocycles. The molecule has 9 heteroatoms. The van der Waals surface area contributed by atoms with Crippen molar-refractivity contribution in [3.8, 4) is 22.6 Å². The van der Waals surface area contributed by atoms with E-state index in [0.717, 1.165) is 0 Å². The van der Waals surface area contributed by atoms with E-state index in [9.17, 15) is 24.6 Å². The summed E-state index contributed by atoms with van der Waals surface area (Å²) < 4.78 is 10.5. The van der Waals surface area contributed by atoms with Gasteiger partial charge in [0.2, 0.25) is 6.79 Å². The smallest absolute Gasteiger partial charge is 0.342 e. The highest BCUT2D eigenvalue weighted by atomic mass is 16.7. The van der Waals surface area contributed by atoms with Gasteiger partial charge in [-0.1, -0.05) is 0 Å². The van der Waals surface area contributed by atoms with Crippen LogP contribution in [-0.4, -0.2) is 33.9 Å². The summed E-state index contributed by atoms with van der Waals surface area (Å²) in [6.07, 6.45) is 0. The van der Waals surface area contributed by atoms with Crippen LogP contribution in [0.1, 0.15) is 26.3 Å². The van der Waals surface area contributed by atoms with E-state index in [2.05, 4.69) is 4.98 Å². The van der Waals surface area contributed by atoms with E-state index >= 15 is 0 Å². The lowest BCUT2D eigenvalue weighted by atomic mass is 9.92. The lowest BCUT2D eigenvalue weighted by Crippen LogP contribution is -2.24. The number of nitrogens with two attached hydrogens (primary N) is 1. The lowest BCUT2D eigenvalue weighted by molar-refractivity contribution is 0.0695. The number of carboxylic acids is 2. The topological polar surface area (TPSA) is 152 Å². The van der Waals surface area contributed by atoms with E-state index in [-0.39, 0.29) is 17.9 Å². The van der Waals surface area contributed by atoms with E-state index in [1.807, 2.05) is 0 Å². The van der Waals surface area contributed by atoms with Gasteiger partial charge in [0.15, 0.2) is 11.5 Å². The number of H-pyrrole nitrogens is 1. The molecule has 9 nitrogen and oxygen atoms in total. The molecule has 0 saturated carbocycles. The molecule has 0 fully saturated rings.